The number of hydrogen-bond donors (Lipinski definition) is 2. The first-order valence-corrected chi connectivity index (χ1v) is 6.45. The highest BCUT2D eigenvalue weighted by Crippen LogP contribution is 2.40. The second kappa shape index (κ2) is 4.31. The summed E-state index contributed by atoms with van der Waals surface area (Å²) in [4.78, 5) is 22.6. The molecule has 0 bridgehead atoms. The largest absolute Gasteiger partial charge is 0.481 e. The minimum Gasteiger partial charge on any atom is -0.481 e. The molecule has 1 unspecified atom stereocenters. The van der Waals surface area contributed by atoms with Crippen LogP contribution in [0.15, 0.2) is 0 Å². The van der Waals surface area contributed by atoms with Crippen LogP contribution in [0.3, 0.4) is 0 Å². The van der Waals surface area contributed by atoms with Crippen molar-refractivity contribution in [3.05, 3.63) is 0 Å². The van der Waals surface area contributed by atoms with Crippen LogP contribution < -0.4 is 5.32 Å². The lowest BCUT2D eigenvalue weighted by Crippen LogP contribution is -2.47. The molecule has 17 heavy (non-hydrogen) atoms. The summed E-state index contributed by atoms with van der Waals surface area (Å²) >= 11 is 0. The van der Waals surface area contributed by atoms with Gasteiger partial charge in [0.2, 0.25) is 5.91 Å². The van der Waals surface area contributed by atoms with Crippen molar-refractivity contribution in [1.82, 2.24) is 5.32 Å². The van der Waals surface area contributed by atoms with Crippen LogP contribution in [0.5, 0.6) is 0 Å². The first kappa shape index (κ1) is 12.4. The Labute approximate surface area is 102 Å². The van der Waals surface area contributed by atoms with Gasteiger partial charge in [-0.3, -0.25) is 9.59 Å². The first-order chi connectivity index (χ1) is 7.92. The summed E-state index contributed by atoms with van der Waals surface area (Å²) in [6.07, 6.45) is 5.03. The Morgan fingerprint density at radius 1 is 1.24 bits per heavy atom. The molecular formula is C13H21NO3. The molecule has 0 spiro atoms. The summed E-state index contributed by atoms with van der Waals surface area (Å²) in [6, 6.07) is 0.207. The van der Waals surface area contributed by atoms with Gasteiger partial charge in [-0.15, -0.1) is 0 Å². The molecule has 2 fully saturated rings. The maximum atomic E-state index is 11.9. The standard InChI is InChI=1S/C13H21NO3/c1-13(2)6-4-3-5-10(13)14-11(15)8-7-9(8)12(16)17/h8-10H,3-7H2,1-2H3,(H,14,15)(H,16,17)/t8-,9+,10?/m1/s1. The second-order valence-corrected chi connectivity index (χ2v) is 6.08. The molecule has 2 rings (SSSR count). The highest BCUT2D eigenvalue weighted by atomic mass is 16.4. The average molecular weight is 239 g/mol. The van der Waals surface area contributed by atoms with Crippen molar-refractivity contribution in [3.63, 3.8) is 0 Å². The highest BCUT2D eigenvalue weighted by molar-refractivity contribution is 5.89. The summed E-state index contributed by atoms with van der Waals surface area (Å²) in [7, 11) is 0. The van der Waals surface area contributed by atoms with Gasteiger partial charge in [0.1, 0.15) is 0 Å². The zero-order valence-electron chi connectivity index (χ0n) is 10.5. The maximum Gasteiger partial charge on any atom is 0.307 e. The summed E-state index contributed by atoms with van der Waals surface area (Å²) in [5.74, 6) is -1.63. The second-order valence-electron chi connectivity index (χ2n) is 6.08. The number of nitrogens with one attached hydrogen (secondary N) is 1. The Morgan fingerprint density at radius 2 is 1.94 bits per heavy atom. The van der Waals surface area contributed by atoms with Crippen LogP contribution in [0, 0.1) is 17.3 Å². The molecule has 3 atom stereocenters. The van der Waals surface area contributed by atoms with Crippen molar-refractivity contribution in [2.45, 2.75) is 52.0 Å². The quantitative estimate of drug-likeness (QED) is 0.789. The molecule has 4 heteroatoms. The van der Waals surface area contributed by atoms with Gasteiger partial charge < -0.3 is 10.4 Å². The van der Waals surface area contributed by atoms with E-state index in [-0.39, 0.29) is 23.3 Å². The van der Waals surface area contributed by atoms with E-state index in [1.54, 1.807) is 0 Å². The number of rotatable bonds is 3. The van der Waals surface area contributed by atoms with Gasteiger partial charge in [-0.1, -0.05) is 26.7 Å². The van der Waals surface area contributed by atoms with Crippen LogP contribution in [0.4, 0.5) is 0 Å². The van der Waals surface area contributed by atoms with Gasteiger partial charge in [0.15, 0.2) is 0 Å². The van der Waals surface area contributed by atoms with E-state index >= 15 is 0 Å². The van der Waals surface area contributed by atoms with Crippen molar-refractivity contribution in [2.75, 3.05) is 0 Å². The predicted octanol–water partition coefficient (Wildman–Crippen LogP) is 1.79. The highest BCUT2D eigenvalue weighted by Gasteiger charge is 2.49. The van der Waals surface area contributed by atoms with E-state index in [0.717, 1.165) is 19.3 Å². The van der Waals surface area contributed by atoms with Crippen molar-refractivity contribution in [3.8, 4) is 0 Å². The fourth-order valence-corrected chi connectivity index (χ4v) is 2.80. The van der Waals surface area contributed by atoms with Gasteiger partial charge in [0.25, 0.3) is 0 Å². The number of carbonyl (C=O) groups is 2. The normalized spacial score (nSPS) is 35.1. The number of hydrogen-bond acceptors (Lipinski definition) is 2. The summed E-state index contributed by atoms with van der Waals surface area (Å²) < 4.78 is 0. The Balaban J connectivity index is 1.89. The lowest BCUT2D eigenvalue weighted by Gasteiger charge is -2.39. The average Bonchev–Trinajstić information content (AvgIpc) is 3.00. The number of aliphatic carboxylic acids is 1. The van der Waals surface area contributed by atoms with Crippen molar-refractivity contribution >= 4 is 11.9 Å². The molecule has 0 aliphatic heterocycles. The zero-order valence-corrected chi connectivity index (χ0v) is 10.5. The van der Waals surface area contributed by atoms with Gasteiger partial charge >= 0.3 is 5.97 Å². The van der Waals surface area contributed by atoms with Crippen LogP contribution in [0.2, 0.25) is 0 Å². The number of carbonyl (C=O) groups excluding carboxylic acids is 1. The van der Waals surface area contributed by atoms with Crippen molar-refractivity contribution < 1.29 is 14.7 Å². The third kappa shape index (κ3) is 2.61. The molecule has 4 nitrogen and oxygen atoms in total. The SMILES string of the molecule is CC1(C)CCCCC1NC(=O)[C@@H]1C[C@@H]1C(=O)O. The van der Waals surface area contributed by atoms with E-state index in [0.29, 0.717) is 6.42 Å². The molecule has 0 aromatic carbocycles. The monoisotopic (exact) mass is 239 g/mol. The number of carboxylic acids is 1. The zero-order chi connectivity index (χ0) is 12.6. The number of amides is 1. The summed E-state index contributed by atoms with van der Waals surface area (Å²) in [5, 5.41) is 11.9. The molecule has 2 aliphatic carbocycles. The van der Waals surface area contributed by atoms with Gasteiger partial charge in [-0.2, -0.15) is 0 Å². The Bertz CT molecular complexity index is 338. The van der Waals surface area contributed by atoms with Crippen LogP contribution in [-0.2, 0) is 9.59 Å². The van der Waals surface area contributed by atoms with Crippen LogP contribution in [0.25, 0.3) is 0 Å². The van der Waals surface area contributed by atoms with E-state index < -0.39 is 11.9 Å². The first-order valence-electron chi connectivity index (χ1n) is 6.45. The Morgan fingerprint density at radius 3 is 2.47 bits per heavy atom. The third-order valence-electron chi connectivity index (χ3n) is 4.27. The molecule has 2 saturated carbocycles. The van der Waals surface area contributed by atoms with Crippen LogP contribution in [-0.4, -0.2) is 23.0 Å². The molecule has 1 amide bonds. The van der Waals surface area contributed by atoms with Crippen molar-refractivity contribution in [1.29, 1.82) is 0 Å². The van der Waals surface area contributed by atoms with E-state index in [1.807, 2.05) is 0 Å². The van der Waals surface area contributed by atoms with Crippen LogP contribution in [0.1, 0.15) is 46.0 Å². The van der Waals surface area contributed by atoms with E-state index in [2.05, 4.69) is 19.2 Å². The molecule has 0 radical (unpaired) electrons. The van der Waals surface area contributed by atoms with Gasteiger partial charge in [0, 0.05) is 6.04 Å². The molecule has 0 saturated heterocycles. The molecule has 2 aliphatic rings. The summed E-state index contributed by atoms with van der Waals surface area (Å²) in [5.41, 5.74) is 0.140. The molecule has 2 N–H and O–H groups in total. The fraction of sp³-hybridized carbons (Fsp3) is 0.846. The Hall–Kier alpha value is -1.06. The maximum absolute atomic E-state index is 11.9. The van der Waals surface area contributed by atoms with Crippen molar-refractivity contribution in [2.24, 2.45) is 17.3 Å². The molecular weight excluding hydrogens is 218 g/mol. The molecule has 0 aromatic rings. The van der Waals surface area contributed by atoms with E-state index in [1.165, 1.54) is 6.42 Å². The minimum atomic E-state index is -0.840. The minimum absolute atomic E-state index is 0.0580. The Kier molecular flexibility index (Phi) is 3.15. The van der Waals surface area contributed by atoms with E-state index in [9.17, 15) is 9.59 Å². The predicted molar refractivity (Wildman–Crippen MR) is 63.4 cm³/mol. The van der Waals surface area contributed by atoms with Gasteiger partial charge in [-0.05, 0) is 24.7 Å². The van der Waals surface area contributed by atoms with Gasteiger partial charge in [0.05, 0.1) is 11.8 Å². The summed E-state index contributed by atoms with van der Waals surface area (Å²) in [6.45, 7) is 4.36. The molecule has 0 aromatic heterocycles. The van der Waals surface area contributed by atoms with Crippen LogP contribution >= 0.6 is 0 Å². The third-order valence-corrected chi connectivity index (χ3v) is 4.27. The molecule has 0 heterocycles. The topological polar surface area (TPSA) is 66.4 Å². The fourth-order valence-electron chi connectivity index (χ4n) is 2.80. The van der Waals surface area contributed by atoms with Gasteiger partial charge in [-0.25, -0.2) is 0 Å². The number of carboxylic acid groups (broad SMARTS) is 1. The lowest BCUT2D eigenvalue weighted by atomic mass is 9.73. The van der Waals surface area contributed by atoms with E-state index in [4.69, 9.17) is 5.11 Å². The smallest absolute Gasteiger partial charge is 0.307 e. The molecule has 96 valence electrons. The lowest BCUT2D eigenvalue weighted by molar-refractivity contribution is -0.140.